The molecule has 0 aliphatic carbocycles. The summed E-state index contributed by atoms with van der Waals surface area (Å²) in [5.74, 6) is 1.73. The summed E-state index contributed by atoms with van der Waals surface area (Å²) in [6.07, 6.45) is 2.78. The fraction of sp³-hybridized carbons (Fsp3) is 0.458. The Hall–Kier alpha value is -2.53. The third kappa shape index (κ3) is 2.99. The second-order valence-electron chi connectivity index (χ2n) is 8.34. The highest BCUT2D eigenvalue weighted by Gasteiger charge is 2.52. The lowest BCUT2D eigenvalue weighted by Gasteiger charge is -2.51. The molecule has 152 valence electrons. The minimum absolute atomic E-state index is 0.193. The maximum atomic E-state index is 6.76. The number of hydrazone groups is 1. The minimum Gasteiger partial charge on any atom is -0.493 e. The van der Waals surface area contributed by atoms with Crippen LogP contribution in [0.25, 0.3) is 0 Å². The van der Waals surface area contributed by atoms with E-state index in [4.69, 9.17) is 14.6 Å². The number of rotatable bonds is 3. The van der Waals surface area contributed by atoms with Gasteiger partial charge in [0.25, 0.3) is 0 Å². The summed E-state index contributed by atoms with van der Waals surface area (Å²) in [5, 5.41) is 7.43. The van der Waals surface area contributed by atoms with Crippen molar-refractivity contribution in [2.45, 2.75) is 44.9 Å². The molecule has 1 spiro atoms. The van der Waals surface area contributed by atoms with Crippen LogP contribution in [-0.2, 0) is 0 Å². The van der Waals surface area contributed by atoms with Crippen molar-refractivity contribution in [3.05, 3.63) is 59.2 Å². The van der Waals surface area contributed by atoms with Crippen LogP contribution in [-0.4, -0.2) is 48.1 Å². The molecule has 0 amide bonds. The van der Waals surface area contributed by atoms with Crippen molar-refractivity contribution < 1.29 is 9.47 Å². The third-order valence-corrected chi connectivity index (χ3v) is 6.68. The summed E-state index contributed by atoms with van der Waals surface area (Å²) in [7, 11) is 1.72. The number of methoxy groups -OCH3 is 1. The molecule has 29 heavy (non-hydrogen) atoms. The second kappa shape index (κ2) is 7.06. The summed E-state index contributed by atoms with van der Waals surface area (Å²) in [6, 6.07) is 15.1. The van der Waals surface area contributed by atoms with Crippen LogP contribution in [0.15, 0.2) is 47.6 Å². The Labute approximate surface area is 172 Å². The van der Waals surface area contributed by atoms with Gasteiger partial charge in [-0.05, 0) is 25.1 Å². The van der Waals surface area contributed by atoms with E-state index in [2.05, 4.69) is 60.2 Å². The standard InChI is InChI=1S/C24H29N3O2/c1-4-26-14-12-24(13-15-26)27-21(19-6-5-7-22(28-3)23(19)29-24)16-20(25-27)18-10-8-17(2)9-11-18/h5-11,21H,4,12-16H2,1-3H3/t21-/m0/s1. The Bertz CT molecular complexity index is 930. The predicted octanol–water partition coefficient (Wildman–Crippen LogP) is 4.36. The van der Waals surface area contributed by atoms with E-state index in [9.17, 15) is 0 Å². The van der Waals surface area contributed by atoms with Crippen LogP contribution >= 0.6 is 0 Å². The molecule has 5 heteroatoms. The van der Waals surface area contributed by atoms with Gasteiger partial charge < -0.3 is 14.4 Å². The first-order chi connectivity index (χ1) is 14.1. The monoisotopic (exact) mass is 391 g/mol. The van der Waals surface area contributed by atoms with Crippen molar-refractivity contribution in [1.82, 2.24) is 9.91 Å². The molecular formula is C24H29N3O2. The maximum Gasteiger partial charge on any atom is 0.200 e. The van der Waals surface area contributed by atoms with Gasteiger partial charge in [-0.3, -0.25) is 0 Å². The number of ether oxygens (including phenoxy) is 2. The lowest BCUT2D eigenvalue weighted by Crippen LogP contribution is -2.59. The minimum atomic E-state index is -0.398. The fourth-order valence-electron chi connectivity index (χ4n) is 4.90. The van der Waals surface area contributed by atoms with Crippen LogP contribution in [0.1, 0.15) is 48.9 Å². The van der Waals surface area contributed by atoms with Crippen molar-refractivity contribution in [3.63, 3.8) is 0 Å². The Balaban J connectivity index is 1.57. The number of likely N-dealkylation sites (tertiary alicyclic amines) is 1. The van der Waals surface area contributed by atoms with Gasteiger partial charge in [0.1, 0.15) is 0 Å². The molecule has 0 aromatic heterocycles. The molecule has 3 aliphatic heterocycles. The Morgan fingerprint density at radius 2 is 1.90 bits per heavy atom. The molecule has 0 radical (unpaired) electrons. The van der Waals surface area contributed by atoms with Crippen LogP contribution in [0.2, 0.25) is 0 Å². The van der Waals surface area contributed by atoms with E-state index in [1.165, 1.54) is 16.7 Å². The van der Waals surface area contributed by atoms with E-state index in [1.807, 2.05) is 6.07 Å². The van der Waals surface area contributed by atoms with Gasteiger partial charge in [-0.2, -0.15) is 5.10 Å². The van der Waals surface area contributed by atoms with Gasteiger partial charge in [-0.25, -0.2) is 5.01 Å². The molecule has 3 heterocycles. The largest absolute Gasteiger partial charge is 0.493 e. The molecular weight excluding hydrogens is 362 g/mol. The van der Waals surface area contributed by atoms with Crippen molar-refractivity contribution in [1.29, 1.82) is 0 Å². The van der Waals surface area contributed by atoms with Gasteiger partial charge in [-0.15, -0.1) is 0 Å². The Morgan fingerprint density at radius 3 is 2.59 bits per heavy atom. The highest BCUT2D eigenvalue weighted by atomic mass is 16.5. The first kappa shape index (κ1) is 18.5. The van der Waals surface area contributed by atoms with E-state index in [-0.39, 0.29) is 6.04 Å². The highest BCUT2D eigenvalue weighted by Crippen LogP contribution is 2.52. The molecule has 1 saturated heterocycles. The Kier molecular flexibility index (Phi) is 4.50. The van der Waals surface area contributed by atoms with Crippen LogP contribution < -0.4 is 9.47 Å². The topological polar surface area (TPSA) is 37.3 Å². The summed E-state index contributed by atoms with van der Waals surface area (Å²) >= 11 is 0. The normalized spacial score (nSPS) is 22.7. The van der Waals surface area contributed by atoms with Crippen molar-refractivity contribution in [2.24, 2.45) is 5.10 Å². The summed E-state index contributed by atoms with van der Waals surface area (Å²) in [5.41, 5.74) is 4.40. The zero-order valence-corrected chi connectivity index (χ0v) is 17.5. The number of fused-ring (bicyclic) bond motifs is 4. The summed E-state index contributed by atoms with van der Waals surface area (Å²) in [6.45, 7) is 7.48. The number of para-hydroxylation sites is 1. The molecule has 0 unspecified atom stereocenters. The smallest absolute Gasteiger partial charge is 0.200 e. The average Bonchev–Trinajstić information content (AvgIpc) is 3.21. The average molecular weight is 392 g/mol. The lowest BCUT2D eigenvalue weighted by molar-refractivity contribution is -0.150. The number of hydrogen-bond donors (Lipinski definition) is 0. The molecule has 0 N–H and O–H groups in total. The predicted molar refractivity (Wildman–Crippen MR) is 115 cm³/mol. The van der Waals surface area contributed by atoms with Crippen LogP contribution in [0.4, 0.5) is 0 Å². The van der Waals surface area contributed by atoms with Crippen LogP contribution in [0.3, 0.4) is 0 Å². The van der Waals surface area contributed by atoms with E-state index >= 15 is 0 Å². The molecule has 2 aromatic rings. The maximum absolute atomic E-state index is 6.76. The van der Waals surface area contributed by atoms with E-state index in [1.54, 1.807) is 7.11 Å². The molecule has 5 rings (SSSR count). The summed E-state index contributed by atoms with van der Waals surface area (Å²) < 4.78 is 12.4. The molecule has 1 fully saturated rings. The molecule has 0 saturated carbocycles. The highest BCUT2D eigenvalue weighted by molar-refractivity contribution is 6.02. The molecule has 5 nitrogen and oxygen atoms in total. The van der Waals surface area contributed by atoms with Gasteiger partial charge in [-0.1, -0.05) is 48.9 Å². The molecule has 2 aromatic carbocycles. The fourth-order valence-corrected chi connectivity index (χ4v) is 4.90. The number of piperidine rings is 1. The zero-order chi connectivity index (χ0) is 20.0. The second-order valence-corrected chi connectivity index (χ2v) is 8.34. The molecule has 1 atom stereocenters. The Morgan fingerprint density at radius 1 is 1.14 bits per heavy atom. The molecule has 3 aliphatic rings. The SMILES string of the molecule is CCN1CCC2(CC1)Oc1c(OC)cccc1[C@@H]1CC(c3ccc(C)cc3)=NN12. The number of benzene rings is 2. The van der Waals surface area contributed by atoms with E-state index in [0.717, 1.165) is 56.1 Å². The molecule has 0 bridgehead atoms. The number of hydrogen-bond acceptors (Lipinski definition) is 5. The first-order valence-electron chi connectivity index (χ1n) is 10.7. The first-order valence-corrected chi connectivity index (χ1v) is 10.7. The quantitative estimate of drug-likeness (QED) is 0.779. The van der Waals surface area contributed by atoms with Gasteiger partial charge in [0, 0.05) is 37.9 Å². The number of aryl methyl sites for hydroxylation is 1. The van der Waals surface area contributed by atoms with Crippen molar-refractivity contribution >= 4 is 5.71 Å². The van der Waals surface area contributed by atoms with Gasteiger partial charge >= 0.3 is 0 Å². The lowest BCUT2D eigenvalue weighted by atomic mass is 9.90. The van der Waals surface area contributed by atoms with Crippen LogP contribution in [0.5, 0.6) is 11.5 Å². The van der Waals surface area contributed by atoms with Gasteiger partial charge in [0.05, 0.1) is 18.9 Å². The van der Waals surface area contributed by atoms with Crippen LogP contribution in [0, 0.1) is 6.92 Å². The third-order valence-electron chi connectivity index (χ3n) is 6.68. The van der Waals surface area contributed by atoms with Crippen molar-refractivity contribution in [3.8, 4) is 11.5 Å². The summed E-state index contributed by atoms with van der Waals surface area (Å²) in [4.78, 5) is 2.49. The van der Waals surface area contributed by atoms with E-state index in [0.29, 0.717) is 0 Å². The number of nitrogens with zero attached hydrogens (tertiary/aromatic N) is 3. The van der Waals surface area contributed by atoms with Gasteiger partial charge in [0.15, 0.2) is 11.5 Å². The van der Waals surface area contributed by atoms with Gasteiger partial charge in [0.2, 0.25) is 5.72 Å². The zero-order valence-electron chi connectivity index (χ0n) is 17.5. The van der Waals surface area contributed by atoms with Crippen molar-refractivity contribution in [2.75, 3.05) is 26.7 Å². The van der Waals surface area contributed by atoms with E-state index < -0.39 is 5.72 Å².